The van der Waals surface area contributed by atoms with E-state index < -0.39 is 29.3 Å². The predicted molar refractivity (Wildman–Crippen MR) is 144 cm³/mol. The van der Waals surface area contributed by atoms with E-state index in [9.17, 15) is 29.7 Å². The van der Waals surface area contributed by atoms with Crippen LogP contribution in [0, 0.1) is 27.7 Å². The van der Waals surface area contributed by atoms with Crippen LogP contribution in [0.3, 0.4) is 0 Å². The number of methoxy groups -OCH3 is 1. The molecule has 204 valence electrons. The summed E-state index contributed by atoms with van der Waals surface area (Å²) in [5.41, 5.74) is 4.15. The van der Waals surface area contributed by atoms with Crippen LogP contribution in [-0.4, -0.2) is 53.0 Å². The molecule has 0 bridgehead atoms. The lowest BCUT2D eigenvalue weighted by atomic mass is 10.0. The molecule has 0 atom stereocenters. The van der Waals surface area contributed by atoms with Crippen LogP contribution in [0.1, 0.15) is 48.5 Å². The van der Waals surface area contributed by atoms with Crippen LogP contribution in [-0.2, 0) is 9.53 Å². The van der Waals surface area contributed by atoms with Crippen molar-refractivity contribution in [3.8, 4) is 23.0 Å². The van der Waals surface area contributed by atoms with Gasteiger partial charge in [-0.25, -0.2) is 15.0 Å². The van der Waals surface area contributed by atoms with Crippen molar-refractivity contribution >= 4 is 29.7 Å². The van der Waals surface area contributed by atoms with E-state index in [1.165, 1.54) is 40.0 Å². The van der Waals surface area contributed by atoms with E-state index in [0.29, 0.717) is 5.56 Å². The number of carbonyl (C=O) groups excluding carboxylic acids is 3. The fraction of sp³-hybridized carbons (Fsp3) is 0.214. The minimum absolute atomic E-state index is 0.0434. The summed E-state index contributed by atoms with van der Waals surface area (Å²) >= 11 is 0. The van der Waals surface area contributed by atoms with Gasteiger partial charge < -0.3 is 30.1 Å². The molecule has 3 rings (SSSR count). The second-order valence-corrected chi connectivity index (χ2v) is 8.78. The summed E-state index contributed by atoms with van der Waals surface area (Å²) in [6.45, 7) is 6.32. The molecule has 0 saturated carbocycles. The number of ether oxygens (including phenoxy) is 2. The van der Waals surface area contributed by atoms with Gasteiger partial charge >= 0.3 is 11.9 Å². The average Bonchev–Trinajstić information content (AvgIpc) is 2.88. The summed E-state index contributed by atoms with van der Waals surface area (Å²) < 4.78 is 10.1. The van der Waals surface area contributed by atoms with E-state index in [1.54, 1.807) is 0 Å². The highest BCUT2D eigenvalue weighted by Crippen LogP contribution is 2.36. The van der Waals surface area contributed by atoms with Crippen molar-refractivity contribution in [2.45, 2.75) is 27.7 Å². The number of benzene rings is 3. The number of hydrogen-bond donors (Lipinski definition) is 5. The predicted octanol–water partition coefficient (Wildman–Crippen LogP) is 3.61. The number of rotatable bonds is 8. The lowest BCUT2D eigenvalue weighted by molar-refractivity contribution is -0.119. The van der Waals surface area contributed by atoms with E-state index in [2.05, 4.69) is 20.6 Å². The monoisotopic (exact) mass is 535 g/mol. The first-order valence-electron chi connectivity index (χ1n) is 11.8. The molecule has 0 aromatic heterocycles. The molecule has 0 spiro atoms. The molecule has 11 nitrogen and oxygen atoms in total. The van der Waals surface area contributed by atoms with Crippen LogP contribution in [0.5, 0.6) is 23.0 Å². The molecule has 0 radical (unpaired) electrons. The average molecular weight is 536 g/mol. The standard InChI is InChI=1S/C28H29N3O8/c1-14-6-8-18(9-7-14)29-13-22(33)31-30-12-19-20(32)10-15(2)24(26(19)35)28(37)39-21-11-16(3)23(27(36)38-5)25(34)17(21)4/h6-12,29,32,34-35H,13H2,1-5H3,(H,31,33)/b30-12+. The minimum atomic E-state index is -0.987. The molecule has 11 heteroatoms. The molecule has 39 heavy (non-hydrogen) atoms. The highest BCUT2D eigenvalue weighted by atomic mass is 16.5. The first-order valence-corrected chi connectivity index (χ1v) is 11.8. The molecule has 3 aromatic carbocycles. The molecule has 1 amide bonds. The Hall–Kier alpha value is -5.06. The molecule has 0 aliphatic heterocycles. The normalized spacial score (nSPS) is 10.8. The van der Waals surface area contributed by atoms with E-state index >= 15 is 0 Å². The quantitative estimate of drug-likeness (QED) is 0.125. The number of nitrogens with zero attached hydrogens (tertiary/aromatic N) is 1. The van der Waals surface area contributed by atoms with Gasteiger partial charge in [0.05, 0.1) is 25.4 Å². The smallest absolute Gasteiger partial charge is 0.347 e. The number of esters is 2. The Morgan fingerprint density at radius 1 is 0.897 bits per heavy atom. The summed E-state index contributed by atoms with van der Waals surface area (Å²) in [7, 11) is 1.18. The molecule has 0 aliphatic rings. The summed E-state index contributed by atoms with van der Waals surface area (Å²) in [4.78, 5) is 37.1. The SMILES string of the molecule is COC(=O)c1c(C)cc(OC(=O)c2c(C)cc(O)c(/C=N/NC(=O)CNc3ccc(C)cc3)c2O)c(C)c1O. The fourth-order valence-electron chi connectivity index (χ4n) is 3.73. The third kappa shape index (κ3) is 6.45. The van der Waals surface area contributed by atoms with Crippen molar-refractivity contribution < 1.29 is 39.2 Å². The van der Waals surface area contributed by atoms with Crippen LogP contribution < -0.4 is 15.5 Å². The van der Waals surface area contributed by atoms with Crippen LogP contribution in [0.2, 0.25) is 0 Å². The van der Waals surface area contributed by atoms with Crippen molar-refractivity contribution in [2.24, 2.45) is 5.10 Å². The Morgan fingerprint density at radius 3 is 2.15 bits per heavy atom. The zero-order chi connectivity index (χ0) is 28.9. The summed E-state index contributed by atoms with van der Waals surface area (Å²) in [6.07, 6.45) is 0.997. The van der Waals surface area contributed by atoms with Crippen LogP contribution in [0.4, 0.5) is 5.69 Å². The zero-order valence-corrected chi connectivity index (χ0v) is 22.1. The Kier molecular flexibility index (Phi) is 8.77. The maximum absolute atomic E-state index is 13.0. The molecule has 5 N–H and O–H groups in total. The van der Waals surface area contributed by atoms with Crippen LogP contribution in [0.15, 0.2) is 41.5 Å². The van der Waals surface area contributed by atoms with Crippen molar-refractivity contribution in [1.29, 1.82) is 0 Å². The van der Waals surface area contributed by atoms with Crippen LogP contribution >= 0.6 is 0 Å². The van der Waals surface area contributed by atoms with E-state index in [0.717, 1.165) is 17.5 Å². The molecule has 0 fully saturated rings. The van der Waals surface area contributed by atoms with Gasteiger partial charge in [-0.15, -0.1) is 0 Å². The largest absolute Gasteiger partial charge is 0.507 e. The van der Waals surface area contributed by atoms with Gasteiger partial charge in [0.25, 0.3) is 5.91 Å². The Labute approximate surface area is 224 Å². The van der Waals surface area contributed by atoms with Gasteiger partial charge in [-0.3, -0.25) is 4.79 Å². The third-order valence-corrected chi connectivity index (χ3v) is 5.90. The van der Waals surface area contributed by atoms with Crippen molar-refractivity contribution in [3.63, 3.8) is 0 Å². The van der Waals surface area contributed by atoms with Gasteiger partial charge in [0.15, 0.2) is 0 Å². The van der Waals surface area contributed by atoms with Crippen molar-refractivity contribution in [2.75, 3.05) is 19.0 Å². The number of hydrazone groups is 1. The van der Waals surface area contributed by atoms with E-state index in [1.807, 2.05) is 31.2 Å². The third-order valence-electron chi connectivity index (χ3n) is 5.90. The molecule has 3 aromatic rings. The summed E-state index contributed by atoms with van der Waals surface area (Å²) in [5, 5.41) is 38.3. The number of carbonyl (C=O) groups is 3. The topological polar surface area (TPSA) is 167 Å². The Balaban J connectivity index is 1.78. The number of nitrogens with one attached hydrogen (secondary N) is 2. The summed E-state index contributed by atoms with van der Waals surface area (Å²) in [6, 6.07) is 10.1. The molecular formula is C28H29N3O8. The van der Waals surface area contributed by atoms with Crippen molar-refractivity contribution in [3.05, 3.63) is 75.3 Å². The minimum Gasteiger partial charge on any atom is -0.507 e. The van der Waals surface area contributed by atoms with Gasteiger partial charge in [-0.2, -0.15) is 5.10 Å². The fourth-order valence-corrected chi connectivity index (χ4v) is 3.73. The van der Waals surface area contributed by atoms with Crippen molar-refractivity contribution in [1.82, 2.24) is 5.43 Å². The second-order valence-electron chi connectivity index (χ2n) is 8.78. The Bertz CT molecular complexity index is 1460. The van der Waals surface area contributed by atoms with Crippen LogP contribution in [0.25, 0.3) is 0 Å². The number of amides is 1. The molecule has 0 aliphatic carbocycles. The van der Waals surface area contributed by atoms with Gasteiger partial charge in [0.1, 0.15) is 34.1 Å². The molecule has 0 heterocycles. The van der Waals surface area contributed by atoms with Gasteiger partial charge in [-0.1, -0.05) is 17.7 Å². The number of anilines is 1. The number of hydrogen-bond acceptors (Lipinski definition) is 10. The molecule has 0 unspecified atom stereocenters. The number of phenols is 3. The first-order chi connectivity index (χ1) is 18.4. The number of aromatic hydroxyl groups is 3. The highest BCUT2D eigenvalue weighted by Gasteiger charge is 2.25. The van der Waals surface area contributed by atoms with E-state index in [-0.39, 0.29) is 45.9 Å². The van der Waals surface area contributed by atoms with Gasteiger partial charge in [0, 0.05) is 11.3 Å². The summed E-state index contributed by atoms with van der Waals surface area (Å²) in [5.74, 6) is -3.69. The maximum atomic E-state index is 13.0. The number of phenolic OH excluding ortho intramolecular Hbond substituents is 3. The lowest BCUT2D eigenvalue weighted by Crippen LogP contribution is -2.25. The molecule has 0 saturated heterocycles. The maximum Gasteiger partial charge on any atom is 0.347 e. The zero-order valence-electron chi connectivity index (χ0n) is 22.1. The molecular weight excluding hydrogens is 506 g/mol. The highest BCUT2D eigenvalue weighted by molar-refractivity contribution is 6.01. The van der Waals surface area contributed by atoms with E-state index in [4.69, 9.17) is 4.74 Å². The lowest BCUT2D eigenvalue weighted by Gasteiger charge is -2.16. The first kappa shape index (κ1) is 28.5. The Morgan fingerprint density at radius 2 is 1.51 bits per heavy atom. The number of aryl methyl sites for hydroxylation is 3. The van der Waals surface area contributed by atoms with Gasteiger partial charge in [-0.05, 0) is 63.1 Å². The van der Waals surface area contributed by atoms with Gasteiger partial charge in [0.2, 0.25) is 0 Å². The second kappa shape index (κ2) is 12.0.